The van der Waals surface area contributed by atoms with Gasteiger partial charge in [-0.1, -0.05) is 24.6 Å². The van der Waals surface area contributed by atoms with Crippen LogP contribution in [0.4, 0.5) is 5.69 Å². The molecule has 0 N–H and O–H groups in total. The maximum Gasteiger partial charge on any atom is 0.306 e. The first-order valence-corrected chi connectivity index (χ1v) is 6.98. The van der Waals surface area contributed by atoms with Crippen LogP contribution in [0.1, 0.15) is 18.9 Å². The zero-order chi connectivity index (χ0) is 14.4. The monoisotopic (exact) mass is 303 g/mol. The lowest BCUT2D eigenvalue weighted by atomic mass is 10.2. The van der Waals surface area contributed by atoms with Gasteiger partial charge in [-0.3, -0.25) is 14.9 Å². The topological polar surface area (TPSA) is 69.4 Å². The van der Waals surface area contributed by atoms with E-state index in [0.717, 1.165) is 0 Å². The van der Waals surface area contributed by atoms with Gasteiger partial charge in [0.1, 0.15) is 0 Å². The molecule has 1 aromatic carbocycles. The van der Waals surface area contributed by atoms with Gasteiger partial charge in [0.2, 0.25) is 0 Å². The largest absolute Gasteiger partial charge is 0.469 e. The summed E-state index contributed by atoms with van der Waals surface area (Å²) >= 11 is 7.41. The highest BCUT2D eigenvalue weighted by molar-refractivity contribution is 7.99. The Morgan fingerprint density at radius 2 is 2.26 bits per heavy atom. The Morgan fingerprint density at radius 1 is 1.58 bits per heavy atom. The minimum Gasteiger partial charge on any atom is -0.469 e. The highest BCUT2D eigenvalue weighted by Crippen LogP contribution is 2.31. The Balaban J connectivity index is 2.72. The second-order valence-electron chi connectivity index (χ2n) is 3.90. The van der Waals surface area contributed by atoms with Gasteiger partial charge in [-0.25, -0.2) is 0 Å². The predicted molar refractivity (Wildman–Crippen MR) is 75.5 cm³/mol. The lowest BCUT2D eigenvalue weighted by Crippen LogP contribution is -2.09. The van der Waals surface area contributed by atoms with Crippen LogP contribution in [0.2, 0.25) is 5.02 Å². The highest BCUT2D eigenvalue weighted by atomic mass is 35.5. The summed E-state index contributed by atoms with van der Waals surface area (Å²) in [5.41, 5.74) is 0.487. The van der Waals surface area contributed by atoms with Gasteiger partial charge in [0.25, 0.3) is 5.69 Å². The standard InChI is InChI=1S/C12H14ClNO4S/c1-8(6-12(15)18-2)19-7-9-10(13)4-3-5-11(9)14(16)17/h3-5,8H,6-7H2,1-2H3. The molecule has 0 aliphatic heterocycles. The summed E-state index contributed by atoms with van der Waals surface area (Å²) < 4.78 is 4.57. The van der Waals surface area contributed by atoms with E-state index in [1.165, 1.54) is 24.9 Å². The van der Waals surface area contributed by atoms with Crippen LogP contribution in [0.3, 0.4) is 0 Å². The zero-order valence-corrected chi connectivity index (χ0v) is 12.2. The number of ether oxygens (including phenoxy) is 1. The number of hydrogen-bond acceptors (Lipinski definition) is 5. The van der Waals surface area contributed by atoms with Gasteiger partial charge < -0.3 is 4.74 Å². The zero-order valence-electron chi connectivity index (χ0n) is 10.6. The van der Waals surface area contributed by atoms with Gasteiger partial charge >= 0.3 is 5.97 Å². The number of carbonyl (C=O) groups excluding carboxylic acids is 1. The van der Waals surface area contributed by atoms with Crippen molar-refractivity contribution in [2.45, 2.75) is 24.3 Å². The number of rotatable bonds is 6. The Hall–Kier alpha value is -1.27. The summed E-state index contributed by atoms with van der Waals surface area (Å²) in [4.78, 5) is 21.6. The van der Waals surface area contributed by atoms with Gasteiger partial charge in [-0.2, -0.15) is 11.8 Å². The van der Waals surface area contributed by atoms with Crippen LogP contribution in [0.5, 0.6) is 0 Å². The number of nitro groups is 1. The molecule has 0 amide bonds. The van der Waals surface area contributed by atoms with Crippen molar-refractivity contribution >= 4 is 35.0 Å². The molecule has 0 bridgehead atoms. The molecule has 5 nitrogen and oxygen atoms in total. The quantitative estimate of drug-likeness (QED) is 0.457. The van der Waals surface area contributed by atoms with Gasteiger partial charge in [0.15, 0.2) is 0 Å². The van der Waals surface area contributed by atoms with Crippen LogP contribution in [0, 0.1) is 10.1 Å². The molecule has 0 aromatic heterocycles. The Labute approximate surface area is 120 Å². The Bertz CT molecular complexity index is 481. The first kappa shape index (κ1) is 15.8. The summed E-state index contributed by atoms with van der Waals surface area (Å²) in [7, 11) is 1.33. The van der Waals surface area contributed by atoms with Crippen LogP contribution < -0.4 is 0 Å². The van der Waals surface area contributed by atoms with Gasteiger partial charge in [0.05, 0.1) is 29.0 Å². The number of hydrogen-bond donors (Lipinski definition) is 0. The van der Waals surface area contributed by atoms with Gasteiger partial charge in [-0.15, -0.1) is 0 Å². The van der Waals surface area contributed by atoms with Crippen molar-refractivity contribution in [3.63, 3.8) is 0 Å². The second kappa shape index (κ2) is 7.35. The molecule has 1 rings (SSSR count). The van der Waals surface area contributed by atoms with E-state index in [1.807, 2.05) is 6.92 Å². The SMILES string of the molecule is COC(=O)CC(C)SCc1c(Cl)cccc1[N+](=O)[O-]. The molecule has 0 spiro atoms. The number of nitro benzene ring substituents is 1. The van der Waals surface area contributed by atoms with Crippen molar-refractivity contribution in [2.75, 3.05) is 7.11 Å². The Morgan fingerprint density at radius 3 is 2.84 bits per heavy atom. The number of thioether (sulfide) groups is 1. The highest BCUT2D eigenvalue weighted by Gasteiger charge is 2.18. The molecule has 1 unspecified atom stereocenters. The van der Waals surface area contributed by atoms with Gasteiger partial charge in [0, 0.05) is 17.1 Å². The number of carbonyl (C=O) groups is 1. The predicted octanol–water partition coefficient (Wildman–Crippen LogP) is 3.43. The van der Waals surface area contributed by atoms with E-state index in [0.29, 0.717) is 16.3 Å². The second-order valence-corrected chi connectivity index (χ2v) is 5.73. The third-order valence-corrected chi connectivity index (χ3v) is 4.03. The van der Waals surface area contributed by atoms with Crippen molar-refractivity contribution in [2.24, 2.45) is 0 Å². The third kappa shape index (κ3) is 4.72. The van der Waals surface area contributed by atoms with Gasteiger partial charge in [-0.05, 0) is 6.07 Å². The van der Waals surface area contributed by atoms with Crippen molar-refractivity contribution in [3.8, 4) is 0 Å². The minimum atomic E-state index is -0.452. The molecule has 0 saturated carbocycles. The lowest BCUT2D eigenvalue weighted by Gasteiger charge is -2.10. The average Bonchev–Trinajstić information content (AvgIpc) is 2.36. The van der Waals surface area contributed by atoms with Crippen LogP contribution in [0.25, 0.3) is 0 Å². The van der Waals surface area contributed by atoms with Crippen molar-refractivity contribution < 1.29 is 14.5 Å². The lowest BCUT2D eigenvalue weighted by molar-refractivity contribution is -0.385. The van der Waals surface area contributed by atoms with E-state index in [-0.39, 0.29) is 23.3 Å². The van der Waals surface area contributed by atoms with Crippen molar-refractivity contribution in [1.29, 1.82) is 0 Å². The fourth-order valence-electron chi connectivity index (χ4n) is 1.46. The van der Waals surface area contributed by atoms with Crippen LogP contribution in [-0.4, -0.2) is 23.3 Å². The molecule has 0 aliphatic carbocycles. The fraction of sp³-hybridized carbons (Fsp3) is 0.417. The number of nitrogens with zero attached hydrogens (tertiary/aromatic N) is 1. The molecular formula is C12H14ClNO4S. The summed E-state index contributed by atoms with van der Waals surface area (Å²) in [5.74, 6) is 0.0855. The molecule has 1 aromatic rings. The maximum atomic E-state index is 11.1. The first-order valence-electron chi connectivity index (χ1n) is 5.56. The molecule has 0 aliphatic rings. The summed E-state index contributed by atoms with van der Waals surface area (Å²) in [5, 5.41) is 11.3. The molecular weight excluding hydrogens is 290 g/mol. The van der Waals surface area contributed by atoms with E-state index < -0.39 is 4.92 Å². The third-order valence-electron chi connectivity index (χ3n) is 2.48. The number of methoxy groups -OCH3 is 1. The van der Waals surface area contributed by atoms with E-state index in [9.17, 15) is 14.9 Å². The van der Waals surface area contributed by atoms with E-state index in [2.05, 4.69) is 4.74 Å². The number of benzene rings is 1. The number of esters is 1. The van der Waals surface area contributed by atoms with Crippen LogP contribution in [-0.2, 0) is 15.3 Å². The summed E-state index contributed by atoms with van der Waals surface area (Å²) in [6, 6.07) is 4.59. The normalized spacial score (nSPS) is 11.9. The van der Waals surface area contributed by atoms with Crippen LogP contribution in [0.15, 0.2) is 18.2 Å². The molecule has 104 valence electrons. The first-order chi connectivity index (χ1) is 8.95. The summed E-state index contributed by atoms with van der Waals surface area (Å²) in [6.45, 7) is 1.87. The number of halogens is 1. The Kier molecular flexibility index (Phi) is 6.11. The average molecular weight is 304 g/mol. The molecule has 1 atom stereocenters. The maximum absolute atomic E-state index is 11.1. The van der Waals surface area contributed by atoms with Crippen LogP contribution >= 0.6 is 23.4 Å². The van der Waals surface area contributed by atoms with Crippen molar-refractivity contribution in [1.82, 2.24) is 0 Å². The molecule has 0 radical (unpaired) electrons. The van der Waals surface area contributed by atoms with E-state index >= 15 is 0 Å². The molecule has 0 heterocycles. The van der Waals surface area contributed by atoms with E-state index in [4.69, 9.17) is 11.6 Å². The minimum absolute atomic E-state index is 0.00308. The smallest absolute Gasteiger partial charge is 0.306 e. The molecule has 19 heavy (non-hydrogen) atoms. The molecule has 0 saturated heterocycles. The molecule has 0 fully saturated rings. The van der Waals surface area contributed by atoms with Crippen molar-refractivity contribution in [3.05, 3.63) is 38.9 Å². The fourth-order valence-corrected chi connectivity index (χ4v) is 2.79. The molecule has 7 heteroatoms. The summed E-state index contributed by atoms with van der Waals surface area (Å²) in [6.07, 6.45) is 0.263. The van der Waals surface area contributed by atoms with E-state index in [1.54, 1.807) is 12.1 Å².